The summed E-state index contributed by atoms with van der Waals surface area (Å²) in [4.78, 5) is 26.8. The molecule has 0 radical (unpaired) electrons. The van der Waals surface area contributed by atoms with Crippen LogP contribution in [0.5, 0.6) is 5.75 Å². The highest BCUT2D eigenvalue weighted by Gasteiger charge is 2.24. The third kappa shape index (κ3) is 3.71. The summed E-state index contributed by atoms with van der Waals surface area (Å²) in [5.74, 6) is -0.890. The number of para-hydroxylation sites is 1. The molecule has 25 heavy (non-hydrogen) atoms. The van der Waals surface area contributed by atoms with Crippen molar-refractivity contribution in [2.24, 2.45) is 0 Å². The first-order valence-corrected chi connectivity index (χ1v) is 8.51. The fraction of sp³-hybridized carbons (Fsp3) is 0.389. The van der Waals surface area contributed by atoms with Crippen LogP contribution in [-0.4, -0.2) is 51.4 Å². The first kappa shape index (κ1) is 17.2. The maximum absolute atomic E-state index is 12.4. The van der Waals surface area contributed by atoms with Gasteiger partial charge >= 0.3 is 0 Å². The Labute approximate surface area is 145 Å². The van der Waals surface area contributed by atoms with Gasteiger partial charge in [0.2, 0.25) is 0 Å². The van der Waals surface area contributed by atoms with E-state index in [1.807, 2.05) is 6.07 Å². The van der Waals surface area contributed by atoms with Gasteiger partial charge in [0.05, 0.1) is 5.69 Å². The molecule has 1 aromatic carbocycles. The van der Waals surface area contributed by atoms with Gasteiger partial charge in [-0.1, -0.05) is 25.1 Å². The SMILES string of the molecule is CCN1CCCC1CNC(=O)c1nn(-c2ccccc2)c(=O)cc1O. The summed E-state index contributed by atoms with van der Waals surface area (Å²) in [6, 6.07) is 10.1. The fourth-order valence-corrected chi connectivity index (χ4v) is 3.20. The number of likely N-dealkylation sites (N-methyl/N-ethyl adjacent to an activating group) is 1. The predicted molar refractivity (Wildman–Crippen MR) is 94.1 cm³/mol. The van der Waals surface area contributed by atoms with Gasteiger partial charge in [-0.25, -0.2) is 0 Å². The molecule has 1 fully saturated rings. The molecule has 1 amide bonds. The monoisotopic (exact) mass is 342 g/mol. The lowest BCUT2D eigenvalue weighted by Crippen LogP contribution is -2.40. The summed E-state index contributed by atoms with van der Waals surface area (Å²) in [6.07, 6.45) is 2.16. The van der Waals surface area contributed by atoms with Crippen molar-refractivity contribution in [3.8, 4) is 11.4 Å². The van der Waals surface area contributed by atoms with Crippen molar-refractivity contribution in [2.45, 2.75) is 25.8 Å². The van der Waals surface area contributed by atoms with Crippen LogP contribution < -0.4 is 10.9 Å². The smallest absolute Gasteiger partial charge is 0.275 e. The second-order valence-electron chi connectivity index (χ2n) is 6.10. The molecule has 7 nitrogen and oxygen atoms in total. The van der Waals surface area contributed by atoms with E-state index in [-0.39, 0.29) is 5.69 Å². The Morgan fingerprint density at radius 1 is 1.36 bits per heavy atom. The van der Waals surface area contributed by atoms with E-state index in [0.29, 0.717) is 18.3 Å². The van der Waals surface area contributed by atoms with E-state index < -0.39 is 17.2 Å². The number of likely N-dealkylation sites (tertiary alicyclic amines) is 1. The summed E-state index contributed by atoms with van der Waals surface area (Å²) in [5.41, 5.74) is -0.104. The number of aromatic nitrogens is 2. The lowest BCUT2D eigenvalue weighted by atomic mass is 10.2. The van der Waals surface area contributed by atoms with Crippen molar-refractivity contribution in [1.29, 1.82) is 0 Å². The van der Waals surface area contributed by atoms with Crippen LogP contribution in [0.4, 0.5) is 0 Å². The Balaban J connectivity index is 1.79. The van der Waals surface area contributed by atoms with Gasteiger partial charge in [0, 0.05) is 18.7 Å². The maximum atomic E-state index is 12.4. The summed E-state index contributed by atoms with van der Waals surface area (Å²) in [5, 5.41) is 16.9. The molecule has 0 aliphatic carbocycles. The third-order valence-corrected chi connectivity index (χ3v) is 4.53. The van der Waals surface area contributed by atoms with Gasteiger partial charge in [0.1, 0.15) is 0 Å². The van der Waals surface area contributed by atoms with Gasteiger partial charge in [-0.3, -0.25) is 14.5 Å². The van der Waals surface area contributed by atoms with E-state index in [1.54, 1.807) is 24.3 Å². The number of hydrogen-bond donors (Lipinski definition) is 2. The summed E-state index contributed by atoms with van der Waals surface area (Å²) >= 11 is 0. The van der Waals surface area contributed by atoms with E-state index in [4.69, 9.17) is 0 Å². The minimum atomic E-state index is -0.492. The van der Waals surface area contributed by atoms with Gasteiger partial charge in [-0.2, -0.15) is 9.78 Å². The number of carbonyl (C=O) groups is 1. The zero-order valence-electron chi connectivity index (χ0n) is 14.2. The van der Waals surface area contributed by atoms with Crippen LogP contribution in [0.3, 0.4) is 0 Å². The standard InChI is InChI=1S/C18H22N4O3/c1-2-21-10-6-9-14(21)12-19-18(25)17-15(23)11-16(24)22(20-17)13-7-4-3-5-8-13/h3-5,7-8,11,14,23H,2,6,9-10,12H2,1H3,(H,19,25). The zero-order chi connectivity index (χ0) is 17.8. The van der Waals surface area contributed by atoms with Crippen LogP contribution in [0.2, 0.25) is 0 Å². The number of carbonyl (C=O) groups excluding carboxylic acids is 1. The lowest BCUT2D eigenvalue weighted by molar-refractivity contribution is 0.0931. The van der Waals surface area contributed by atoms with Gasteiger partial charge in [0.25, 0.3) is 11.5 Å². The minimum Gasteiger partial charge on any atom is -0.505 e. The molecule has 1 aromatic heterocycles. The molecule has 0 spiro atoms. The molecule has 132 valence electrons. The van der Waals surface area contributed by atoms with Crippen LogP contribution in [0.25, 0.3) is 5.69 Å². The number of benzene rings is 1. The van der Waals surface area contributed by atoms with E-state index in [0.717, 1.165) is 36.7 Å². The fourth-order valence-electron chi connectivity index (χ4n) is 3.20. The van der Waals surface area contributed by atoms with Crippen LogP contribution in [0, 0.1) is 0 Å². The number of rotatable bonds is 5. The van der Waals surface area contributed by atoms with E-state index >= 15 is 0 Å². The second-order valence-corrected chi connectivity index (χ2v) is 6.10. The van der Waals surface area contributed by atoms with Crippen molar-refractivity contribution in [3.63, 3.8) is 0 Å². The molecule has 2 N–H and O–H groups in total. The van der Waals surface area contributed by atoms with Gasteiger partial charge in [0.15, 0.2) is 11.4 Å². The Kier molecular flexibility index (Phi) is 5.14. The topological polar surface area (TPSA) is 87.5 Å². The normalized spacial score (nSPS) is 17.6. The first-order chi connectivity index (χ1) is 12.1. The van der Waals surface area contributed by atoms with E-state index in [9.17, 15) is 14.7 Å². The molecular weight excluding hydrogens is 320 g/mol. The van der Waals surface area contributed by atoms with Crippen molar-refractivity contribution in [3.05, 3.63) is 52.4 Å². The Morgan fingerprint density at radius 3 is 2.84 bits per heavy atom. The Bertz CT molecular complexity index is 804. The average molecular weight is 342 g/mol. The molecule has 1 saturated heterocycles. The predicted octanol–water partition coefficient (Wildman–Crippen LogP) is 1.15. The summed E-state index contributed by atoms with van der Waals surface area (Å²) < 4.78 is 1.11. The lowest BCUT2D eigenvalue weighted by Gasteiger charge is -2.22. The van der Waals surface area contributed by atoms with Crippen molar-refractivity contribution in [1.82, 2.24) is 20.0 Å². The molecule has 2 aromatic rings. The van der Waals surface area contributed by atoms with Gasteiger partial charge in [-0.05, 0) is 38.1 Å². The first-order valence-electron chi connectivity index (χ1n) is 8.51. The molecule has 0 saturated carbocycles. The molecular formula is C18H22N4O3. The molecule has 0 bridgehead atoms. The zero-order valence-corrected chi connectivity index (χ0v) is 14.2. The van der Waals surface area contributed by atoms with E-state index in [1.165, 1.54) is 0 Å². The minimum absolute atomic E-state index is 0.149. The van der Waals surface area contributed by atoms with Crippen molar-refractivity contribution in [2.75, 3.05) is 19.6 Å². The number of aromatic hydroxyl groups is 1. The molecule has 1 aliphatic rings. The van der Waals surface area contributed by atoms with Crippen LogP contribution in [0.1, 0.15) is 30.3 Å². The van der Waals surface area contributed by atoms with Crippen LogP contribution in [-0.2, 0) is 0 Å². The third-order valence-electron chi connectivity index (χ3n) is 4.53. The molecule has 1 atom stereocenters. The molecule has 2 heterocycles. The van der Waals surface area contributed by atoms with E-state index in [2.05, 4.69) is 22.2 Å². The second kappa shape index (κ2) is 7.48. The molecule has 1 unspecified atom stereocenters. The van der Waals surface area contributed by atoms with Crippen LogP contribution in [0.15, 0.2) is 41.2 Å². The quantitative estimate of drug-likeness (QED) is 0.851. The highest BCUT2D eigenvalue weighted by Crippen LogP contribution is 2.16. The Hall–Kier alpha value is -2.67. The Morgan fingerprint density at radius 2 is 2.12 bits per heavy atom. The van der Waals surface area contributed by atoms with Crippen molar-refractivity contribution >= 4 is 5.91 Å². The summed E-state index contributed by atoms with van der Waals surface area (Å²) in [6.45, 7) is 4.59. The van der Waals surface area contributed by atoms with Crippen LogP contribution >= 0.6 is 0 Å². The molecule has 7 heteroatoms. The van der Waals surface area contributed by atoms with Gasteiger partial charge < -0.3 is 10.4 Å². The molecule has 1 aliphatic heterocycles. The largest absolute Gasteiger partial charge is 0.505 e. The molecule has 3 rings (SSSR count). The van der Waals surface area contributed by atoms with Crippen molar-refractivity contribution < 1.29 is 9.90 Å². The number of nitrogens with one attached hydrogen (secondary N) is 1. The number of amides is 1. The maximum Gasteiger partial charge on any atom is 0.275 e. The average Bonchev–Trinajstić information content (AvgIpc) is 3.08. The highest BCUT2D eigenvalue weighted by atomic mass is 16.3. The number of nitrogens with zero attached hydrogens (tertiary/aromatic N) is 3. The number of hydrogen-bond acceptors (Lipinski definition) is 5. The summed E-state index contributed by atoms with van der Waals surface area (Å²) in [7, 11) is 0. The highest BCUT2D eigenvalue weighted by molar-refractivity contribution is 5.94. The van der Waals surface area contributed by atoms with Gasteiger partial charge in [-0.15, -0.1) is 0 Å².